The molecule has 0 aliphatic carbocycles. The van der Waals surface area contributed by atoms with Crippen LogP contribution < -0.4 is 5.56 Å². The van der Waals surface area contributed by atoms with E-state index >= 15 is 0 Å². The maximum Gasteiger partial charge on any atom is 0.250 e. The van der Waals surface area contributed by atoms with Gasteiger partial charge in [-0.05, 0) is 17.9 Å². The first-order chi connectivity index (χ1) is 11.2. The molecule has 3 heterocycles. The first kappa shape index (κ1) is 15.9. The fourth-order valence-corrected chi connectivity index (χ4v) is 3.42. The Hall–Kier alpha value is -1.99. The molecule has 1 amide bonds. The third-order valence-electron chi connectivity index (χ3n) is 3.83. The minimum atomic E-state index is -0.157. The van der Waals surface area contributed by atoms with Crippen molar-refractivity contribution >= 4 is 17.2 Å². The van der Waals surface area contributed by atoms with Crippen LogP contribution in [-0.2, 0) is 22.4 Å². The Balaban J connectivity index is 1.63. The van der Waals surface area contributed by atoms with Crippen molar-refractivity contribution in [2.24, 2.45) is 5.92 Å². The Kier molecular flexibility index (Phi) is 5.19. The summed E-state index contributed by atoms with van der Waals surface area (Å²) in [4.78, 5) is 33.5. The van der Waals surface area contributed by atoms with Crippen LogP contribution in [0.25, 0.3) is 0 Å². The fourth-order valence-electron chi connectivity index (χ4n) is 2.72. The van der Waals surface area contributed by atoms with E-state index in [1.165, 1.54) is 12.4 Å². The van der Waals surface area contributed by atoms with Gasteiger partial charge in [0.05, 0.1) is 26.0 Å². The van der Waals surface area contributed by atoms with E-state index in [1.54, 1.807) is 11.3 Å². The molecule has 1 aliphatic heterocycles. The summed E-state index contributed by atoms with van der Waals surface area (Å²) in [5.41, 5.74) is 0.574. The van der Waals surface area contributed by atoms with Gasteiger partial charge in [0.15, 0.2) is 0 Å². The second-order valence-electron chi connectivity index (χ2n) is 5.64. The van der Waals surface area contributed by atoms with Gasteiger partial charge in [0.2, 0.25) is 5.91 Å². The predicted molar refractivity (Wildman–Crippen MR) is 87.5 cm³/mol. The molecular weight excluding hydrogens is 314 g/mol. The van der Waals surface area contributed by atoms with Crippen LogP contribution in [-0.4, -0.2) is 47.1 Å². The van der Waals surface area contributed by atoms with Gasteiger partial charge in [0.1, 0.15) is 0 Å². The van der Waals surface area contributed by atoms with Crippen molar-refractivity contribution in [1.82, 2.24) is 14.9 Å². The minimum absolute atomic E-state index is 0.127. The predicted octanol–water partition coefficient (Wildman–Crippen LogP) is 1.09. The monoisotopic (exact) mass is 333 g/mol. The number of rotatable bonds is 4. The van der Waals surface area contributed by atoms with Gasteiger partial charge in [0, 0.05) is 35.6 Å². The van der Waals surface area contributed by atoms with Crippen molar-refractivity contribution in [3.05, 3.63) is 50.8 Å². The fraction of sp³-hybridized carbons (Fsp3) is 0.438. The molecule has 0 spiro atoms. The third-order valence-corrected chi connectivity index (χ3v) is 4.71. The topological polar surface area (TPSA) is 75.3 Å². The quantitative estimate of drug-likeness (QED) is 0.909. The van der Waals surface area contributed by atoms with Crippen LogP contribution in [0.5, 0.6) is 0 Å². The van der Waals surface area contributed by atoms with Crippen molar-refractivity contribution in [2.75, 3.05) is 26.3 Å². The molecule has 1 N–H and O–H groups in total. The van der Waals surface area contributed by atoms with Gasteiger partial charge in [-0.1, -0.05) is 6.07 Å². The normalized spacial score (nSPS) is 18.6. The van der Waals surface area contributed by atoms with E-state index in [9.17, 15) is 9.59 Å². The van der Waals surface area contributed by atoms with E-state index in [2.05, 4.69) is 9.97 Å². The zero-order valence-electron chi connectivity index (χ0n) is 12.7. The summed E-state index contributed by atoms with van der Waals surface area (Å²) in [5.74, 6) is 0.279. The van der Waals surface area contributed by atoms with Crippen LogP contribution >= 0.6 is 11.3 Å². The van der Waals surface area contributed by atoms with Gasteiger partial charge in [0.25, 0.3) is 5.56 Å². The second kappa shape index (κ2) is 7.52. The number of aromatic nitrogens is 2. The molecule has 0 radical (unpaired) electrons. The van der Waals surface area contributed by atoms with Gasteiger partial charge >= 0.3 is 0 Å². The number of aromatic amines is 1. The molecule has 0 saturated carbocycles. The summed E-state index contributed by atoms with van der Waals surface area (Å²) < 4.78 is 5.62. The summed E-state index contributed by atoms with van der Waals surface area (Å²) in [6.45, 7) is 2.38. The van der Waals surface area contributed by atoms with Gasteiger partial charge in [-0.15, -0.1) is 11.3 Å². The lowest BCUT2D eigenvalue weighted by Crippen LogP contribution is -2.37. The van der Waals surface area contributed by atoms with Crippen LogP contribution in [0.1, 0.15) is 10.6 Å². The molecule has 23 heavy (non-hydrogen) atoms. The smallest absolute Gasteiger partial charge is 0.250 e. The van der Waals surface area contributed by atoms with Crippen LogP contribution in [0, 0.1) is 5.92 Å². The third kappa shape index (κ3) is 4.49. The van der Waals surface area contributed by atoms with Crippen molar-refractivity contribution in [3.63, 3.8) is 0 Å². The highest BCUT2D eigenvalue weighted by Crippen LogP contribution is 2.15. The standard InChI is InChI=1S/C16H19N3O3S/c20-15-7-13(17-11-18-15)6-12-9-19(3-4-22-10-12)16(21)8-14-2-1-5-23-14/h1-2,5,7,11-12H,3-4,6,8-10H2,(H,17,18,20)/t12-/m1/s1. The van der Waals surface area contributed by atoms with Crippen LogP contribution in [0.2, 0.25) is 0 Å². The molecule has 0 bridgehead atoms. The minimum Gasteiger partial charge on any atom is -0.379 e. The van der Waals surface area contributed by atoms with Crippen LogP contribution in [0.15, 0.2) is 34.7 Å². The van der Waals surface area contributed by atoms with Crippen LogP contribution in [0.4, 0.5) is 0 Å². The number of carbonyl (C=O) groups excluding carboxylic acids is 1. The van der Waals surface area contributed by atoms with E-state index < -0.39 is 0 Å². The molecular formula is C16H19N3O3S. The number of nitrogens with zero attached hydrogens (tertiary/aromatic N) is 2. The molecule has 1 fully saturated rings. The highest BCUT2D eigenvalue weighted by Gasteiger charge is 2.23. The first-order valence-electron chi connectivity index (χ1n) is 7.62. The van der Waals surface area contributed by atoms with E-state index in [0.717, 1.165) is 10.6 Å². The van der Waals surface area contributed by atoms with E-state index in [-0.39, 0.29) is 17.4 Å². The summed E-state index contributed by atoms with van der Waals surface area (Å²) in [7, 11) is 0. The number of hydrogen-bond acceptors (Lipinski definition) is 5. The highest BCUT2D eigenvalue weighted by molar-refractivity contribution is 7.10. The average Bonchev–Trinajstić information content (AvgIpc) is 2.92. The van der Waals surface area contributed by atoms with Crippen LogP contribution in [0.3, 0.4) is 0 Å². The average molecular weight is 333 g/mol. The largest absolute Gasteiger partial charge is 0.379 e. The number of nitrogens with one attached hydrogen (secondary N) is 1. The molecule has 1 atom stereocenters. The summed E-state index contributed by atoms with van der Waals surface area (Å²) in [6.07, 6.45) is 2.48. The van der Waals surface area contributed by atoms with Gasteiger partial charge in [-0.25, -0.2) is 4.98 Å². The zero-order chi connectivity index (χ0) is 16.1. The summed E-state index contributed by atoms with van der Waals surface area (Å²) >= 11 is 1.60. The molecule has 7 heteroatoms. The highest BCUT2D eigenvalue weighted by atomic mass is 32.1. The molecule has 1 saturated heterocycles. The van der Waals surface area contributed by atoms with Crippen molar-refractivity contribution < 1.29 is 9.53 Å². The van der Waals surface area contributed by atoms with E-state index in [1.807, 2.05) is 22.4 Å². The van der Waals surface area contributed by atoms with Gasteiger partial charge < -0.3 is 14.6 Å². The number of thiophene rings is 1. The zero-order valence-corrected chi connectivity index (χ0v) is 13.6. The van der Waals surface area contributed by atoms with Crippen molar-refractivity contribution in [3.8, 4) is 0 Å². The van der Waals surface area contributed by atoms with Gasteiger partial charge in [-0.3, -0.25) is 9.59 Å². The number of amides is 1. The molecule has 3 rings (SSSR count). The Morgan fingerprint density at radius 1 is 1.52 bits per heavy atom. The Morgan fingerprint density at radius 3 is 3.22 bits per heavy atom. The van der Waals surface area contributed by atoms with E-state index in [0.29, 0.717) is 39.1 Å². The number of H-pyrrole nitrogens is 1. The summed E-state index contributed by atoms with van der Waals surface area (Å²) in [5, 5.41) is 1.98. The van der Waals surface area contributed by atoms with Crippen molar-refractivity contribution in [2.45, 2.75) is 12.8 Å². The Labute approximate surface area is 138 Å². The van der Waals surface area contributed by atoms with Crippen molar-refractivity contribution in [1.29, 1.82) is 0 Å². The lowest BCUT2D eigenvalue weighted by Gasteiger charge is -2.23. The lowest BCUT2D eigenvalue weighted by atomic mass is 10.0. The molecule has 6 nitrogen and oxygen atoms in total. The first-order valence-corrected chi connectivity index (χ1v) is 8.50. The Bertz CT molecular complexity index is 699. The summed E-state index contributed by atoms with van der Waals surface area (Å²) in [6, 6.07) is 5.44. The molecule has 0 aromatic carbocycles. The van der Waals surface area contributed by atoms with Gasteiger partial charge in [-0.2, -0.15) is 0 Å². The molecule has 1 aliphatic rings. The number of hydrogen-bond donors (Lipinski definition) is 1. The molecule has 0 unspecified atom stereocenters. The van der Waals surface area contributed by atoms with E-state index in [4.69, 9.17) is 4.74 Å². The second-order valence-corrected chi connectivity index (χ2v) is 6.68. The SMILES string of the molecule is O=C(Cc1cccs1)N1CCOC[C@H](Cc2cc(=O)[nH]cn2)C1. The molecule has 122 valence electrons. The molecule has 2 aromatic rings. The maximum absolute atomic E-state index is 12.5. The molecule has 2 aromatic heterocycles. The number of ether oxygens (including phenoxy) is 1. The Morgan fingerprint density at radius 2 is 2.43 bits per heavy atom. The number of carbonyl (C=O) groups is 1. The maximum atomic E-state index is 12.5. The lowest BCUT2D eigenvalue weighted by molar-refractivity contribution is -0.130.